The van der Waals surface area contributed by atoms with Crippen molar-refractivity contribution in [2.75, 3.05) is 0 Å². The second-order valence-electron chi connectivity index (χ2n) is 2.69. The van der Waals surface area contributed by atoms with Gasteiger partial charge in [-0.2, -0.15) is 0 Å². The average molecular weight is 194 g/mol. The summed E-state index contributed by atoms with van der Waals surface area (Å²) in [6, 6.07) is 5.25. The van der Waals surface area contributed by atoms with Crippen LogP contribution >= 0.6 is 9.24 Å². The van der Waals surface area contributed by atoms with Crippen molar-refractivity contribution in [3.05, 3.63) is 28.6 Å². The molecule has 0 fully saturated rings. The number of carbonyl (C=O) groups is 1. The van der Waals surface area contributed by atoms with Gasteiger partial charge in [0.05, 0.1) is 10.9 Å². The van der Waals surface area contributed by atoms with Crippen molar-refractivity contribution in [1.29, 1.82) is 0 Å². The maximum absolute atomic E-state index is 11.2. The third-order valence-electron chi connectivity index (χ3n) is 1.85. The van der Waals surface area contributed by atoms with Gasteiger partial charge in [0.15, 0.2) is 0 Å². The summed E-state index contributed by atoms with van der Waals surface area (Å²) in [5.41, 5.74) is 0.361. The number of aromatic nitrogens is 2. The van der Waals surface area contributed by atoms with E-state index in [9.17, 15) is 9.59 Å². The normalized spacial score (nSPS) is 10.5. The summed E-state index contributed by atoms with van der Waals surface area (Å²) in [4.78, 5) is 21.8. The molecule has 1 aromatic carbocycles. The van der Waals surface area contributed by atoms with Crippen LogP contribution in [0.2, 0.25) is 0 Å². The molecule has 1 N–H and O–H groups in total. The van der Waals surface area contributed by atoms with Crippen molar-refractivity contribution >= 4 is 31.9 Å². The van der Waals surface area contributed by atoms with Gasteiger partial charge in [-0.3, -0.25) is 14.7 Å². The molecule has 0 radical (unpaired) electrons. The number of fused-ring (bicyclic) bond motifs is 1. The number of hydrogen-bond donors (Lipinski definition) is 1. The third-order valence-corrected chi connectivity index (χ3v) is 2.21. The monoisotopic (exact) mass is 194 g/mol. The summed E-state index contributed by atoms with van der Waals surface area (Å²) < 4.78 is 1.17. The van der Waals surface area contributed by atoms with Crippen molar-refractivity contribution < 1.29 is 4.79 Å². The molecule has 1 atom stereocenters. The summed E-state index contributed by atoms with van der Waals surface area (Å²) in [5, 5.41) is 3.87. The molecule has 0 aliphatic rings. The Morgan fingerprint density at radius 1 is 1.46 bits per heavy atom. The molecule has 13 heavy (non-hydrogen) atoms. The highest BCUT2D eigenvalue weighted by molar-refractivity contribution is 7.27. The number of nitrogens with one attached hydrogen (secondary N) is 1. The highest BCUT2D eigenvalue weighted by Gasteiger charge is 2.04. The molecule has 2 rings (SSSR count). The number of H-pyrrole nitrogens is 1. The van der Waals surface area contributed by atoms with Crippen LogP contribution in [0.3, 0.4) is 0 Å². The number of benzene rings is 1. The SMILES string of the molecule is O=Cn1[nH]c(=O)c2ccc(P)cc21. The molecule has 0 spiro atoms. The van der Waals surface area contributed by atoms with Crippen LogP contribution in [-0.4, -0.2) is 16.2 Å². The fourth-order valence-electron chi connectivity index (χ4n) is 1.25. The van der Waals surface area contributed by atoms with E-state index in [2.05, 4.69) is 14.3 Å². The zero-order valence-electron chi connectivity index (χ0n) is 6.65. The van der Waals surface area contributed by atoms with Crippen molar-refractivity contribution in [3.8, 4) is 0 Å². The first-order valence-corrected chi connectivity index (χ1v) is 4.25. The lowest BCUT2D eigenvalue weighted by Gasteiger charge is -1.93. The first-order valence-electron chi connectivity index (χ1n) is 3.67. The van der Waals surface area contributed by atoms with Gasteiger partial charge in [-0.1, -0.05) is 6.07 Å². The first-order chi connectivity index (χ1) is 6.22. The number of rotatable bonds is 1. The van der Waals surface area contributed by atoms with Crippen LogP contribution in [0.15, 0.2) is 23.0 Å². The molecule has 0 aliphatic carbocycles. The Morgan fingerprint density at radius 2 is 2.23 bits per heavy atom. The predicted octanol–water partition coefficient (Wildman–Crippen LogP) is -0.132. The van der Waals surface area contributed by atoms with Crippen molar-refractivity contribution in [3.63, 3.8) is 0 Å². The standard InChI is InChI=1S/C8H7N2O2P/c11-4-10-7-3-5(13)1-2-6(7)8(12)9-10/h1-4H,13H2,(H,9,12). The Morgan fingerprint density at radius 3 is 2.92 bits per heavy atom. The molecule has 1 heterocycles. The van der Waals surface area contributed by atoms with E-state index < -0.39 is 0 Å². The van der Waals surface area contributed by atoms with E-state index in [1.807, 2.05) is 0 Å². The van der Waals surface area contributed by atoms with Gasteiger partial charge in [0, 0.05) is 0 Å². The van der Waals surface area contributed by atoms with Gasteiger partial charge in [0.25, 0.3) is 5.56 Å². The van der Waals surface area contributed by atoms with Gasteiger partial charge in [-0.25, -0.2) is 4.68 Å². The van der Waals surface area contributed by atoms with Gasteiger partial charge < -0.3 is 0 Å². The summed E-state index contributed by atoms with van der Waals surface area (Å²) in [6.45, 7) is 0. The lowest BCUT2D eigenvalue weighted by Crippen LogP contribution is -2.04. The fourth-order valence-corrected chi connectivity index (χ4v) is 1.51. The molecule has 0 saturated heterocycles. The van der Waals surface area contributed by atoms with Gasteiger partial charge >= 0.3 is 0 Å². The van der Waals surface area contributed by atoms with Crippen molar-refractivity contribution in [2.24, 2.45) is 0 Å². The van der Waals surface area contributed by atoms with Crippen LogP contribution in [0.5, 0.6) is 0 Å². The number of nitrogens with zero attached hydrogens (tertiary/aromatic N) is 1. The lowest BCUT2D eigenvalue weighted by molar-refractivity contribution is 0.542. The molecule has 1 aromatic heterocycles. The third kappa shape index (κ3) is 1.19. The van der Waals surface area contributed by atoms with Crippen LogP contribution in [0.25, 0.3) is 10.9 Å². The zero-order chi connectivity index (χ0) is 9.42. The molecule has 4 nitrogen and oxygen atoms in total. The Labute approximate surface area is 75.7 Å². The van der Waals surface area contributed by atoms with E-state index in [1.54, 1.807) is 18.2 Å². The summed E-state index contributed by atoms with van der Waals surface area (Å²) >= 11 is 0. The second-order valence-corrected chi connectivity index (χ2v) is 3.36. The maximum atomic E-state index is 11.2. The summed E-state index contributed by atoms with van der Waals surface area (Å²) in [7, 11) is 2.51. The molecule has 66 valence electrons. The Bertz CT molecular complexity index is 526. The van der Waals surface area contributed by atoms with Gasteiger partial charge in [0.2, 0.25) is 6.41 Å². The molecule has 0 saturated carbocycles. The average Bonchev–Trinajstić information content (AvgIpc) is 2.42. The minimum absolute atomic E-state index is 0.243. The molecular formula is C8H7N2O2P. The van der Waals surface area contributed by atoms with Crippen molar-refractivity contribution in [1.82, 2.24) is 9.78 Å². The van der Waals surface area contributed by atoms with Crippen LogP contribution in [-0.2, 0) is 4.79 Å². The molecule has 1 unspecified atom stereocenters. The zero-order valence-corrected chi connectivity index (χ0v) is 7.81. The molecule has 0 aliphatic heterocycles. The molecule has 5 heteroatoms. The highest BCUT2D eigenvalue weighted by atomic mass is 31.0. The van der Waals surface area contributed by atoms with Gasteiger partial charge in [0.1, 0.15) is 0 Å². The topological polar surface area (TPSA) is 54.9 Å². The van der Waals surface area contributed by atoms with Crippen LogP contribution in [0, 0.1) is 0 Å². The first kappa shape index (κ1) is 8.20. The van der Waals surface area contributed by atoms with Gasteiger partial charge in [-0.05, 0) is 17.4 Å². The predicted molar refractivity (Wildman–Crippen MR) is 54.1 cm³/mol. The smallest absolute Gasteiger partial charge is 0.272 e. The summed E-state index contributed by atoms with van der Waals surface area (Å²) in [5.74, 6) is 0. The quantitative estimate of drug-likeness (QED) is 0.507. The van der Waals surface area contributed by atoms with Crippen LogP contribution in [0.1, 0.15) is 0 Å². The van der Waals surface area contributed by atoms with Crippen LogP contribution < -0.4 is 10.9 Å². The Kier molecular flexibility index (Phi) is 1.78. The number of aromatic amines is 1. The van der Waals surface area contributed by atoms with E-state index in [4.69, 9.17) is 0 Å². The molecule has 0 amide bonds. The minimum Gasteiger partial charge on any atom is -0.276 e. The Balaban J connectivity index is 2.97. The van der Waals surface area contributed by atoms with E-state index in [0.717, 1.165) is 5.30 Å². The largest absolute Gasteiger partial charge is 0.276 e. The van der Waals surface area contributed by atoms with Gasteiger partial charge in [-0.15, -0.1) is 9.24 Å². The van der Waals surface area contributed by atoms with E-state index in [1.165, 1.54) is 4.68 Å². The van der Waals surface area contributed by atoms with Crippen molar-refractivity contribution in [2.45, 2.75) is 0 Å². The number of hydrogen-bond acceptors (Lipinski definition) is 2. The highest BCUT2D eigenvalue weighted by Crippen LogP contribution is 2.06. The second kappa shape index (κ2) is 2.82. The minimum atomic E-state index is -0.243. The molecule has 2 aromatic rings. The fraction of sp³-hybridized carbons (Fsp3) is 0. The number of carbonyl (C=O) groups excluding carboxylic acids is 1. The van der Waals surface area contributed by atoms with E-state index >= 15 is 0 Å². The van der Waals surface area contributed by atoms with E-state index in [0.29, 0.717) is 17.3 Å². The lowest BCUT2D eigenvalue weighted by atomic mass is 10.2. The maximum Gasteiger partial charge on any atom is 0.272 e. The summed E-state index contributed by atoms with van der Waals surface area (Å²) in [6.07, 6.45) is 0.577. The van der Waals surface area contributed by atoms with E-state index in [-0.39, 0.29) is 5.56 Å². The molecule has 0 bridgehead atoms. The molecular weight excluding hydrogens is 187 g/mol. The van der Waals surface area contributed by atoms with Crippen LogP contribution in [0.4, 0.5) is 0 Å². The Hall–Kier alpha value is -1.41.